The maximum absolute atomic E-state index is 5.07. The summed E-state index contributed by atoms with van der Waals surface area (Å²) in [6.45, 7) is 0. The van der Waals surface area contributed by atoms with Crippen LogP contribution in [0.25, 0.3) is 11.0 Å². The Morgan fingerprint density at radius 2 is 2.17 bits per heavy atom. The van der Waals surface area contributed by atoms with Gasteiger partial charge in [0.15, 0.2) is 0 Å². The summed E-state index contributed by atoms with van der Waals surface area (Å²) < 4.78 is 5.07. The number of ether oxygens (including phenoxy) is 1. The van der Waals surface area contributed by atoms with Crippen molar-refractivity contribution in [3.8, 4) is 5.88 Å². The minimum Gasteiger partial charge on any atom is -0.481 e. The molecule has 0 saturated carbocycles. The summed E-state index contributed by atoms with van der Waals surface area (Å²) in [5.41, 5.74) is 1.66. The van der Waals surface area contributed by atoms with E-state index >= 15 is 0 Å². The predicted molar refractivity (Wildman–Crippen MR) is 68.0 cm³/mol. The number of rotatable bonds is 3. The molecule has 0 spiro atoms. The third kappa shape index (κ3) is 1.84. The molecule has 3 aromatic heterocycles. The Hall–Kier alpha value is -2.63. The Kier molecular flexibility index (Phi) is 2.53. The van der Waals surface area contributed by atoms with Crippen molar-refractivity contribution in [3.63, 3.8) is 0 Å². The van der Waals surface area contributed by atoms with Crippen molar-refractivity contribution in [1.29, 1.82) is 0 Å². The summed E-state index contributed by atoms with van der Waals surface area (Å²) in [5.74, 6) is 1.30. The molecule has 0 atom stereocenters. The van der Waals surface area contributed by atoms with Crippen LogP contribution in [0.1, 0.15) is 0 Å². The zero-order valence-electron chi connectivity index (χ0n) is 9.71. The summed E-state index contributed by atoms with van der Waals surface area (Å²) in [4.78, 5) is 15.5. The maximum atomic E-state index is 5.07. The number of H-pyrrole nitrogens is 1. The largest absolute Gasteiger partial charge is 0.481 e. The molecule has 0 aliphatic carbocycles. The van der Waals surface area contributed by atoms with Gasteiger partial charge in [-0.3, -0.25) is 0 Å². The zero-order chi connectivity index (χ0) is 12.4. The molecule has 0 radical (unpaired) electrons. The van der Waals surface area contributed by atoms with Crippen LogP contribution in [0.5, 0.6) is 5.88 Å². The van der Waals surface area contributed by atoms with Crippen LogP contribution in [-0.4, -0.2) is 27.0 Å². The van der Waals surface area contributed by atoms with Crippen LogP contribution in [0, 0.1) is 0 Å². The number of nitrogens with zero attached hydrogens (tertiary/aromatic N) is 3. The van der Waals surface area contributed by atoms with Crippen LogP contribution in [0.3, 0.4) is 0 Å². The van der Waals surface area contributed by atoms with Gasteiger partial charge < -0.3 is 15.0 Å². The molecule has 0 saturated heterocycles. The number of fused-ring (bicyclic) bond motifs is 1. The van der Waals surface area contributed by atoms with Crippen molar-refractivity contribution in [2.45, 2.75) is 0 Å². The molecule has 3 heterocycles. The van der Waals surface area contributed by atoms with Gasteiger partial charge in [-0.2, -0.15) is 0 Å². The van der Waals surface area contributed by atoms with Gasteiger partial charge >= 0.3 is 0 Å². The van der Waals surface area contributed by atoms with Crippen molar-refractivity contribution in [3.05, 3.63) is 36.9 Å². The molecule has 3 rings (SSSR count). The monoisotopic (exact) mass is 241 g/mol. The minimum atomic E-state index is 0.555. The zero-order valence-corrected chi connectivity index (χ0v) is 9.71. The highest BCUT2D eigenvalue weighted by Gasteiger charge is 2.05. The fourth-order valence-electron chi connectivity index (χ4n) is 1.71. The van der Waals surface area contributed by atoms with Crippen LogP contribution >= 0.6 is 0 Å². The van der Waals surface area contributed by atoms with Gasteiger partial charge in [0, 0.05) is 24.1 Å². The van der Waals surface area contributed by atoms with Crippen LogP contribution in [0.2, 0.25) is 0 Å². The van der Waals surface area contributed by atoms with Gasteiger partial charge in [0.25, 0.3) is 0 Å². The predicted octanol–water partition coefficient (Wildman–Crippen LogP) is 2.11. The number of aromatic nitrogens is 4. The quantitative estimate of drug-likeness (QED) is 0.734. The van der Waals surface area contributed by atoms with Crippen molar-refractivity contribution in [1.82, 2.24) is 19.9 Å². The average molecular weight is 241 g/mol. The summed E-state index contributed by atoms with van der Waals surface area (Å²) >= 11 is 0. The van der Waals surface area contributed by atoms with Crippen LogP contribution in [0.4, 0.5) is 11.5 Å². The van der Waals surface area contributed by atoms with Gasteiger partial charge in [-0.15, -0.1) is 0 Å². The van der Waals surface area contributed by atoms with E-state index in [2.05, 4.69) is 25.3 Å². The SMILES string of the molecule is COc1cc(Nc2ncnc3[nH]ccc23)ccn1. The lowest BCUT2D eigenvalue weighted by molar-refractivity contribution is 0.398. The minimum absolute atomic E-state index is 0.555. The molecule has 3 aromatic rings. The van der Waals surface area contributed by atoms with Crippen LogP contribution < -0.4 is 10.1 Å². The lowest BCUT2D eigenvalue weighted by atomic mass is 10.3. The summed E-state index contributed by atoms with van der Waals surface area (Å²) in [7, 11) is 1.58. The molecule has 0 unspecified atom stereocenters. The van der Waals surface area contributed by atoms with Gasteiger partial charge in [0.2, 0.25) is 5.88 Å². The Bertz CT molecular complexity index is 679. The number of hydrogen-bond acceptors (Lipinski definition) is 5. The standard InChI is InChI=1S/C12H11N5O/c1-18-10-6-8(2-4-13-10)17-12-9-3-5-14-11(9)15-7-16-12/h2-7H,1H3,(H2,13,14,15,16,17). The van der Waals surface area contributed by atoms with E-state index in [0.29, 0.717) is 5.88 Å². The highest BCUT2D eigenvalue weighted by Crippen LogP contribution is 2.23. The fourth-order valence-corrected chi connectivity index (χ4v) is 1.71. The molecule has 18 heavy (non-hydrogen) atoms. The van der Waals surface area contributed by atoms with E-state index in [1.807, 2.05) is 18.3 Å². The Labute approximate surface area is 103 Å². The maximum Gasteiger partial charge on any atom is 0.214 e. The molecule has 0 aliphatic rings. The lowest BCUT2D eigenvalue weighted by Crippen LogP contribution is -1.96. The number of aromatic amines is 1. The second-order valence-electron chi connectivity index (χ2n) is 3.67. The van der Waals surface area contributed by atoms with Gasteiger partial charge in [0.1, 0.15) is 17.8 Å². The number of nitrogens with one attached hydrogen (secondary N) is 2. The van der Waals surface area contributed by atoms with E-state index in [1.165, 1.54) is 6.33 Å². The fraction of sp³-hybridized carbons (Fsp3) is 0.0833. The molecule has 0 fully saturated rings. The first kappa shape index (κ1) is 10.5. The second kappa shape index (κ2) is 4.33. The number of methoxy groups -OCH3 is 1. The molecule has 0 aromatic carbocycles. The van der Waals surface area contributed by atoms with E-state index in [0.717, 1.165) is 22.5 Å². The van der Waals surface area contributed by atoms with Gasteiger partial charge in [-0.1, -0.05) is 0 Å². The van der Waals surface area contributed by atoms with Crippen molar-refractivity contribution >= 4 is 22.5 Å². The van der Waals surface area contributed by atoms with Crippen molar-refractivity contribution in [2.75, 3.05) is 12.4 Å². The summed E-state index contributed by atoms with van der Waals surface area (Å²) in [6.07, 6.45) is 5.02. The number of pyridine rings is 1. The molecule has 90 valence electrons. The van der Waals surface area contributed by atoms with Gasteiger partial charge in [-0.05, 0) is 12.1 Å². The van der Waals surface area contributed by atoms with E-state index in [1.54, 1.807) is 19.4 Å². The summed E-state index contributed by atoms with van der Waals surface area (Å²) in [5, 5.41) is 4.15. The normalized spacial score (nSPS) is 10.5. The molecule has 0 bridgehead atoms. The molecule has 6 heteroatoms. The lowest BCUT2D eigenvalue weighted by Gasteiger charge is -2.07. The second-order valence-corrected chi connectivity index (χ2v) is 3.67. The Morgan fingerprint density at radius 3 is 3.06 bits per heavy atom. The first-order valence-corrected chi connectivity index (χ1v) is 5.42. The van der Waals surface area contributed by atoms with Crippen LogP contribution in [0.15, 0.2) is 36.9 Å². The highest BCUT2D eigenvalue weighted by atomic mass is 16.5. The molecule has 0 amide bonds. The first-order valence-electron chi connectivity index (χ1n) is 5.42. The van der Waals surface area contributed by atoms with E-state index in [4.69, 9.17) is 4.74 Å². The molecular formula is C12H11N5O. The molecule has 6 nitrogen and oxygen atoms in total. The Morgan fingerprint density at radius 1 is 1.22 bits per heavy atom. The topological polar surface area (TPSA) is 75.7 Å². The average Bonchev–Trinajstić information content (AvgIpc) is 2.88. The molecule has 0 aliphatic heterocycles. The van der Waals surface area contributed by atoms with E-state index < -0.39 is 0 Å². The molecular weight excluding hydrogens is 230 g/mol. The third-order valence-electron chi connectivity index (χ3n) is 2.56. The van der Waals surface area contributed by atoms with Gasteiger partial charge in [0.05, 0.1) is 12.5 Å². The van der Waals surface area contributed by atoms with Crippen molar-refractivity contribution < 1.29 is 4.74 Å². The van der Waals surface area contributed by atoms with Gasteiger partial charge in [-0.25, -0.2) is 15.0 Å². The Balaban J connectivity index is 1.98. The highest BCUT2D eigenvalue weighted by molar-refractivity contribution is 5.88. The summed E-state index contributed by atoms with van der Waals surface area (Å²) in [6, 6.07) is 5.58. The van der Waals surface area contributed by atoms with E-state index in [-0.39, 0.29) is 0 Å². The first-order chi connectivity index (χ1) is 8.86. The number of anilines is 2. The van der Waals surface area contributed by atoms with Crippen molar-refractivity contribution in [2.24, 2.45) is 0 Å². The molecule has 2 N–H and O–H groups in total. The number of hydrogen-bond donors (Lipinski definition) is 2. The van der Waals surface area contributed by atoms with E-state index in [9.17, 15) is 0 Å². The third-order valence-corrected chi connectivity index (χ3v) is 2.56. The smallest absolute Gasteiger partial charge is 0.214 e. The van der Waals surface area contributed by atoms with Crippen LogP contribution in [-0.2, 0) is 0 Å².